The van der Waals surface area contributed by atoms with Crippen LogP contribution in [0.15, 0.2) is 0 Å². The van der Waals surface area contributed by atoms with Crippen molar-refractivity contribution in [2.75, 3.05) is 5.73 Å². The van der Waals surface area contributed by atoms with Gasteiger partial charge in [-0.05, 0) is 20.8 Å². The minimum Gasteiger partial charge on any atom is -0.395 e. The van der Waals surface area contributed by atoms with Crippen LogP contribution in [0.2, 0.25) is 0 Å². The van der Waals surface area contributed by atoms with E-state index < -0.39 is 5.54 Å². The minimum absolute atomic E-state index is 0.177. The molecule has 0 fully saturated rings. The van der Waals surface area contributed by atoms with Crippen molar-refractivity contribution in [2.45, 2.75) is 26.3 Å². The van der Waals surface area contributed by atoms with E-state index in [1.54, 1.807) is 20.8 Å². The number of nitrogens with two attached hydrogens (primary N) is 1. The first-order valence-electron chi connectivity index (χ1n) is 4.48. The highest BCUT2D eigenvalue weighted by Gasteiger charge is 2.22. The van der Waals surface area contributed by atoms with Gasteiger partial charge in [-0.15, -0.1) is 6.42 Å². The Bertz CT molecular complexity index is 425. The van der Waals surface area contributed by atoms with Crippen molar-refractivity contribution in [1.29, 1.82) is 0 Å². The normalized spacial score (nSPS) is 10.8. The molecule has 5 heteroatoms. The number of rotatable bonds is 2. The lowest BCUT2D eigenvalue weighted by Gasteiger charge is -2.18. The van der Waals surface area contributed by atoms with Crippen molar-refractivity contribution in [3.63, 3.8) is 0 Å². The summed E-state index contributed by atoms with van der Waals surface area (Å²) in [6.07, 6.45) is 5.25. The Kier molecular flexibility index (Phi) is 2.71. The van der Waals surface area contributed by atoms with Gasteiger partial charge in [-0.2, -0.15) is 5.10 Å². The number of anilines is 1. The monoisotopic (exact) mass is 206 g/mol. The third-order valence-electron chi connectivity index (χ3n) is 2.00. The molecule has 1 heterocycles. The first-order valence-corrected chi connectivity index (χ1v) is 4.48. The number of nitrogens with one attached hydrogen (secondary N) is 2. The van der Waals surface area contributed by atoms with E-state index >= 15 is 0 Å². The average Bonchev–Trinajstić information content (AvgIpc) is 2.47. The molecule has 0 radical (unpaired) electrons. The summed E-state index contributed by atoms with van der Waals surface area (Å²) >= 11 is 0. The first-order chi connectivity index (χ1) is 6.87. The molecular formula is C10H14N4O. The number of carbonyl (C=O) groups excluding carboxylic acids is 1. The van der Waals surface area contributed by atoms with E-state index in [4.69, 9.17) is 12.2 Å². The summed E-state index contributed by atoms with van der Waals surface area (Å²) in [6, 6.07) is 0. The number of nitrogens with zero attached hydrogens (tertiary/aromatic N) is 1. The van der Waals surface area contributed by atoms with Crippen LogP contribution in [0.4, 0.5) is 5.69 Å². The van der Waals surface area contributed by atoms with E-state index in [1.807, 2.05) is 0 Å². The van der Waals surface area contributed by atoms with Gasteiger partial charge in [-0.3, -0.25) is 9.89 Å². The summed E-state index contributed by atoms with van der Waals surface area (Å²) in [7, 11) is 0. The number of hydrogen-bond donors (Lipinski definition) is 3. The Balaban J connectivity index is 2.89. The van der Waals surface area contributed by atoms with Crippen LogP contribution in [0.5, 0.6) is 0 Å². The van der Waals surface area contributed by atoms with Crippen molar-refractivity contribution in [3.05, 3.63) is 11.4 Å². The molecule has 0 atom stereocenters. The van der Waals surface area contributed by atoms with Gasteiger partial charge in [0, 0.05) is 0 Å². The number of aromatic amines is 1. The van der Waals surface area contributed by atoms with Gasteiger partial charge in [-0.1, -0.05) is 5.92 Å². The zero-order valence-corrected chi connectivity index (χ0v) is 9.01. The third kappa shape index (κ3) is 2.29. The Morgan fingerprint density at radius 2 is 2.27 bits per heavy atom. The van der Waals surface area contributed by atoms with Crippen molar-refractivity contribution in [2.24, 2.45) is 0 Å². The van der Waals surface area contributed by atoms with E-state index in [9.17, 15) is 4.79 Å². The van der Waals surface area contributed by atoms with Crippen molar-refractivity contribution in [3.8, 4) is 12.3 Å². The molecule has 0 bridgehead atoms. The standard InChI is InChI=1S/C10H14N4O/c1-5-10(3,4)12-9(15)8-7(11)6(2)13-14-8/h1H,11H2,2-4H3,(H,12,15)(H,13,14). The van der Waals surface area contributed by atoms with Crippen LogP contribution in [0.3, 0.4) is 0 Å². The number of hydrogen-bond acceptors (Lipinski definition) is 3. The quantitative estimate of drug-likeness (QED) is 0.614. The van der Waals surface area contributed by atoms with Crippen molar-refractivity contribution in [1.82, 2.24) is 15.5 Å². The van der Waals surface area contributed by atoms with Crippen LogP contribution < -0.4 is 11.1 Å². The van der Waals surface area contributed by atoms with Gasteiger partial charge in [0.2, 0.25) is 0 Å². The van der Waals surface area contributed by atoms with Gasteiger partial charge in [0.1, 0.15) is 0 Å². The Morgan fingerprint density at radius 3 is 2.67 bits per heavy atom. The van der Waals surface area contributed by atoms with Gasteiger partial charge in [0.05, 0.1) is 16.9 Å². The molecule has 0 spiro atoms. The molecular weight excluding hydrogens is 192 g/mol. The topological polar surface area (TPSA) is 83.8 Å². The number of amides is 1. The predicted octanol–water partition coefficient (Wildman–Crippen LogP) is 0.442. The largest absolute Gasteiger partial charge is 0.395 e. The Morgan fingerprint density at radius 1 is 1.67 bits per heavy atom. The molecule has 0 aliphatic heterocycles. The SMILES string of the molecule is C#CC(C)(C)NC(=O)c1n[nH]c(C)c1N. The van der Waals surface area contributed by atoms with Crippen LogP contribution in [-0.4, -0.2) is 21.6 Å². The molecule has 0 aromatic carbocycles. The molecule has 5 nitrogen and oxygen atoms in total. The fourth-order valence-corrected chi connectivity index (χ4v) is 0.990. The maximum Gasteiger partial charge on any atom is 0.275 e. The summed E-state index contributed by atoms with van der Waals surface area (Å²) in [5, 5.41) is 9.08. The second-order valence-corrected chi connectivity index (χ2v) is 3.83. The van der Waals surface area contributed by atoms with E-state index in [0.29, 0.717) is 11.4 Å². The second kappa shape index (κ2) is 3.65. The average molecular weight is 206 g/mol. The number of nitrogen functional groups attached to an aromatic ring is 1. The lowest BCUT2D eigenvalue weighted by molar-refractivity contribution is 0.0925. The first kappa shape index (κ1) is 11.1. The fraction of sp³-hybridized carbons (Fsp3) is 0.400. The molecule has 0 saturated heterocycles. The maximum atomic E-state index is 11.7. The van der Waals surface area contributed by atoms with Crippen LogP contribution >= 0.6 is 0 Å². The van der Waals surface area contributed by atoms with Gasteiger partial charge in [0.15, 0.2) is 5.69 Å². The molecule has 15 heavy (non-hydrogen) atoms. The predicted molar refractivity (Wildman–Crippen MR) is 58.1 cm³/mol. The minimum atomic E-state index is -0.712. The zero-order chi connectivity index (χ0) is 11.6. The Hall–Kier alpha value is -1.96. The zero-order valence-electron chi connectivity index (χ0n) is 9.01. The van der Waals surface area contributed by atoms with E-state index in [1.165, 1.54) is 0 Å². The Labute approximate surface area is 88.4 Å². The molecule has 0 saturated carbocycles. The molecule has 0 aliphatic rings. The summed E-state index contributed by atoms with van der Waals surface area (Å²) in [4.78, 5) is 11.7. The van der Waals surface area contributed by atoms with E-state index in [2.05, 4.69) is 21.4 Å². The number of aryl methyl sites for hydroxylation is 1. The number of terminal acetylenes is 1. The number of aromatic nitrogens is 2. The van der Waals surface area contributed by atoms with Crippen molar-refractivity contribution < 1.29 is 4.79 Å². The van der Waals surface area contributed by atoms with Gasteiger partial charge < -0.3 is 11.1 Å². The molecule has 0 unspecified atom stereocenters. The van der Waals surface area contributed by atoms with Crippen LogP contribution in [0, 0.1) is 19.3 Å². The number of carbonyl (C=O) groups is 1. The molecule has 4 N–H and O–H groups in total. The molecule has 80 valence electrons. The molecule has 1 aromatic heterocycles. The maximum absolute atomic E-state index is 11.7. The van der Waals surface area contributed by atoms with E-state index in [0.717, 1.165) is 0 Å². The highest BCUT2D eigenvalue weighted by molar-refractivity contribution is 5.98. The second-order valence-electron chi connectivity index (χ2n) is 3.83. The molecule has 0 aliphatic carbocycles. The molecule has 1 rings (SSSR count). The van der Waals surface area contributed by atoms with Crippen LogP contribution in [0.1, 0.15) is 30.0 Å². The molecule has 1 amide bonds. The van der Waals surface area contributed by atoms with Gasteiger partial charge in [-0.25, -0.2) is 0 Å². The van der Waals surface area contributed by atoms with Crippen LogP contribution in [0.25, 0.3) is 0 Å². The highest BCUT2D eigenvalue weighted by Crippen LogP contribution is 2.13. The summed E-state index contributed by atoms with van der Waals surface area (Å²) < 4.78 is 0. The lowest BCUT2D eigenvalue weighted by atomic mass is 10.1. The smallest absolute Gasteiger partial charge is 0.275 e. The lowest BCUT2D eigenvalue weighted by Crippen LogP contribution is -2.42. The molecule has 1 aromatic rings. The summed E-state index contributed by atoms with van der Waals surface area (Å²) in [5.74, 6) is 2.08. The van der Waals surface area contributed by atoms with Gasteiger partial charge in [0.25, 0.3) is 5.91 Å². The van der Waals surface area contributed by atoms with E-state index in [-0.39, 0.29) is 11.6 Å². The fourth-order valence-electron chi connectivity index (χ4n) is 0.990. The van der Waals surface area contributed by atoms with Gasteiger partial charge >= 0.3 is 0 Å². The highest BCUT2D eigenvalue weighted by atomic mass is 16.2. The third-order valence-corrected chi connectivity index (χ3v) is 2.00. The van der Waals surface area contributed by atoms with Crippen LogP contribution in [-0.2, 0) is 0 Å². The number of H-pyrrole nitrogens is 1. The summed E-state index contributed by atoms with van der Waals surface area (Å²) in [5.41, 5.74) is 6.14. The summed E-state index contributed by atoms with van der Waals surface area (Å²) in [6.45, 7) is 5.19. The van der Waals surface area contributed by atoms with Crippen molar-refractivity contribution >= 4 is 11.6 Å².